The summed E-state index contributed by atoms with van der Waals surface area (Å²) in [5.41, 5.74) is 1.16. The van der Waals surface area contributed by atoms with Gasteiger partial charge in [-0.25, -0.2) is 9.37 Å². The van der Waals surface area contributed by atoms with Crippen LogP contribution in [-0.4, -0.2) is 42.8 Å². The van der Waals surface area contributed by atoms with Crippen molar-refractivity contribution >= 4 is 17.4 Å². The highest BCUT2D eigenvalue weighted by molar-refractivity contribution is 6.46. The van der Waals surface area contributed by atoms with Gasteiger partial charge in [0.1, 0.15) is 11.6 Å². The molecule has 1 saturated heterocycles. The maximum Gasteiger partial charge on any atom is 0.295 e. The predicted octanol–water partition coefficient (Wildman–Crippen LogP) is 3.24. The zero-order chi connectivity index (χ0) is 22.0. The Labute approximate surface area is 178 Å². The Balaban J connectivity index is 1.73. The number of aryl methyl sites for hydroxylation is 2. The molecule has 0 spiro atoms. The molecule has 3 heterocycles. The van der Waals surface area contributed by atoms with E-state index < -0.39 is 29.3 Å². The molecule has 158 valence electrons. The molecular formula is C23H21FN4O3. The summed E-state index contributed by atoms with van der Waals surface area (Å²) in [5, 5.41) is 10.9. The second-order valence-electron chi connectivity index (χ2n) is 7.39. The Hall–Kier alpha value is -3.81. The Kier molecular flexibility index (Phi) is 5.62. The summed E-state index contributed by atoms with van der Waals surface area (Å²) in [6.07, 6.45) is 8.88. The number of carbonyl (C=O) groups excluding carboxylic acids is 2. The zero-order valence-electron chi connectivity index (χ0n) is 16.9. The van der Waals surface area contributed by atoms with Crippen molar-refractivity contribution in [2.24, 2.45) is 0 Å². The van der Waals surface area contributed by atoms with Crippen LogP contribution in [-0.2, 0) is 16.1 Å². The fourth-order valence-corrected chi connectivity index (χ4v) is 3.74. The van der Waals surface area contributed by atoms with Crippen molar-refractivity contribution in [3.8, 4) is 0 Å². The van der Waals surface area contributed by atoms with E-state index in [-0.39, 0.29) is 11.1 Å². The normalized spacial score (nSPS) is 18.0. The number of aliphatic hydroxyl groups is 1. The summed E-state index contributed by atoms with van der Waals surface area (Å²) in [6.45, 7) is 2.53. The van der Waals surface area contributed by atoms with E-state index in [1.165, 1.54) is 23.1 Å². The molecule has 1 aromatic carbocycles. The van der Waals surface area contributed by atoms with Crippen LogP contribution in [0.4, 0.5) is 4.39 Å². The lowest BCUT2D eigenvalue weighted by Gasteiger charge is -2.25. The number of ketones is 1. The molecule has 1 fully saturated rings. The molecule has 31 heavy (non-hydrogen) atoms. The van der Waals surface area contributed by atoms with Crippen molar-refractivity contribution in [2.75, 3.05) is 6.54 Å². The van der Waals surface area contributed by atoms with Gasteiger partial charge in [-0.2, -0.15) is 0 Å². The number of aliphatic hydroxyl groups excluding tert-OH is 1. The first kappa shape index (κ1) is 20.5. The zero-order valence-corrected chi connectivity index (χ0v) is 16.9. The number of benzene rings is 1. The van der Waals surface area contributed by atoms with Gasteiger partial charge in [0.15, 0.2) is 0 Å². The summed E-state index contributed by atoms with van der Waals surface area (Å²) < 4.78 is 16.0. The van der Waals surface area contributed by atoms with Gasteiger partial charge in [0.25, 0.3) is 11.7 Å². The van der Waals surface area contributed by atoms with E-state index in [2.05, 4.69) is 9.97 Å². The highest BCUT2D eigenvalue weighted by Crippen LogP contribution is 2.39. The van der Waals surface area contributed by atoms with Crippen molar-refractivity contribution in [3.05, 3.63) is 89.5 Å². The maximum absolute atomic E-state index is 14.1. The lowest BCUT2D eigenvalue weighted by atomic mass is 9.95. The van der Waals surface area contributed by atoms with Crippen molar-refractivity contribution in [2.45, 2.75) is 25.9 Å². The van der Waals surface area contributed by atoms with Crippen LogP contribution >= 0.6 is 0 Å². The molecule has 1 aliphatic heterocycles. The van der Waals surface area contributed by atoms with Gasteiger partial charge in [-0.05, 0) is 42.7 Å². The average Bonchev–Trinajstić information content (AvgIpc) is 3.38. The Morgan fingerprint density at radius 3 is 2.55 bits per heavy atom. The van der Waals surface area contributed by atoms with Crippen LogP contribution in [0.1, 0.15) is 29.2 Å². The molecule has 0 aliphatic carbocycles. The third kappa shape index (κ3) is 3.96. The first-order valence-corrected chi connectivity index (χ1v) is 9.88. The molecule has 1 N–H and O–H groups in total. The fourth-order valence-electron chi connectivity index (χ4n) is 3.74. The summed E-state index contributed by atoms with van der Waals surface area (Å²) in [6, 6.07) is 6.83. The van der Waals surface area contributed by atoms with Crippen molar-refractivity contribution in [1.82, 2.24) is 19.4 Å². The lowest BCUT2D eigenvalue weighted by molar-refractivity contribution is -0.139. The van der Waals surface area contributed by atoms with E-state index in [0.717, 1.165) is 0 Å². The monoisotopic (exact) mass is 420 g/mol. The number of carbonyl (C=O) groups is 2. The number of imidazole rings is 1. The number of halogens is 1. The SMILES string of the molecule is Cc1ccc(C(O)=C2C(=O)C(=O)N(CCCn3ccnc3)[C@H]2c2ccncc2)cc1F. The molecule has 0 bridgehead atoms. The van der Waals surface area contributed by atoms with E-state index in [1.54, 1.807) is 44.0 Å². The van der Waals surface area contributed by atoms with Crippen molar-refractivity contribution in [3.63, 3.8) is 0 Å². The van der Waals surface area contributed by atoms with Crippen LogP contribution < -0.4 is 0 Å². The molecule has 3 aromatic rings. The lowest BCUT2D eigenvalue weighted by Crippen LogP contribution is -2.31. The minimum Gasteiger partial charge on any atom is -0.507 e. The van der Waals surface area contributed by atoms with Crippen LogP contribution in [0.15, 0.2) is 67.0 Å². The predicted molar refractivity (Wildman–Crippen MR) is 111 cm³/mol. The van der Waals surface area contributed by atoms with Gasteiger partial charge in [-0.15, -0.1) is 0 Å². The highest BCUT2D eigenvalue weighted by Gasteiger charge is 2.45. The number of nitrogens with zero attached hydrogens (tertiary/aromatic N) is 4. The Morgan fingerprint density at radius 1 is 1.10 bits per heavy atom. The van der Waals surface area contributed by atoms with Crippen LogP contribution in [0.2, 0.25) is 0 Å². The van der Waals surface area contributed by atoms with Gasteiger partial charge in [0, 0.05) is 43.4 Å². The molecule has 1 amide bonds. The molecule has 0 unspecified atom stereocenters. The topological polar surface area (TPSA) is 88.3 Å². The average molecular weight is 420 g/mol. The van der Waals surface area contributed by atoms with E-state index in [4.69, 9.17) is 0 Å². The quantitative estimate of drug-likeness (QED) is 0.376. The van der Waals surface area contributed by atoms with E-state index in [0.29, 0.717) is 30.6 Å². The number of amides is 1. The second-order valence-corrected chi connectivity index (χ2v) is 7.39. The van der Waals surface area contributed by atoms with Crippen LogP contribution in [0.5, 0.6) is 0 Å². The van der Waals surface area contributed by atoms with Gasteiger partial charge < -0.3 is 14.6 Å². The summed E-state index contributed by atoms with van der Waals surface area (Å²) in [5.74, 6) is -2.38. The molecule has 8 heteroatoms. The molecule has 0 saturated carbocycles. The van der Waals surface area contributed by atoms with Gasteiger partial charge >= 0.3 is 0 Å². The van der Waals surface area contributed by atoms with E-state index in [1.807, 2.05) is 10.8 Å². The number of Topliss-reactive ketones (excluding diaryl/α,β-unsaturated/α-hetero) is 1. The minimum absolute atomic E-state index is 0.0536. The summed E-state index contributed by atoms with van der Waals surface area (Å²) in [7, 11) is 0. The number of pyridine rings is 1. The second kappa shape index (κ2) is 8.51. The van der Waals surface area contributed by atoms with Crippen LogP contribution in [0.25, 0.3) is 5.76 Å². The highest BCUT2D eigenvalue weighted by atomic mass is 19.1. The third-order valence-corrected chi connectivity index (χ3v) is 5.38. The standard InChI is InChI=1S/C23H21FN4O3/c1-15-3-4-17(13-18(15)24)21(29)19-20(16-5-7-25-8-6-16)28(23(31)22(19)30)11-2-10-27-12-9-26-14-27/h3-9,12-14,20,29H,2,10-11H2,1H3/t20-/m0/s1. The van der Waals surface area contributed by atoms with Gasteiger partial charge in [-0.3, -0.25) is 14.6 Å². The number of rotatable bonds is 6. The van der Waals surface area contributed by atoms with Gasteiger partial charge in [0.2, 0.25) is 0 Å². The maximum atomic E-state index is 14.1. The summed E-state index contributed by atoms with van der Waals surface area (Å²) in [4.78, 5) is 35.2. The van der Waals surface area contributed by atoms with Crippen molar-refractivity contribution in [1.29, 1.82) is 0 Å². The van der Waals surface area contributed by atoms with Crippen LogP contribution in [0, 0.1) is 12.7 Å². The number of hydrogen-bond donors (Lipinski definition) is 1. The third-order valence-electron chi connectivity index (χ3n) is 5.38. The fraction of sp³-hybridized carbons (Fsp3) is 0.217. The van der Waals surface area contributed by atoms with Gasteiger partial charge in [0.05, 0.1) is 17.9 Å². The Bertz CT molecular complexity index is 1140. The molecule has 7 nitrogen and oxygen atoms in total. The molecule has 1 atom stereocenters. The first-order chi connectivity index (χ1) is 15.0. The van der Waals surface area contributed by atoms with Gasteiger partial charge in [-0.1, -0.05) is 12.1 Å². The molecule has 0 radical (unpaired) electrons. The number of likely N-dealkylation sites (tertiary alicyclic amines) is 1. The van der Waals surface area contributed by atoms with E-state index in [9.17, 15) is 19.1 Å². The summed E-state index contributed by atoms with van der Waals surface area (Å²) >= 11 is 0. The molecule has 1 aliphatic rings. The molecular weight excluding hydrogens is 399 g/mol. The smallest absolute Gasteiger partial charge is 0.295 e. The van der Waals surface area contributed by atoms with Crippen molar-refractivity contribution < 1.29 is 19.1 Å². The first-order valence-electron chi connectivity index (χ1n) is 9.88. The molecule has 2 aromatic heterocycles. The number of aromatic nitrogens is 3. The van der Waals surface area contributed by atoms with E-state index >= 15 is 0 Å². The minimum atomic E-state index is -0.789. The number of hydrogen-bond acceptors (Lipinski definition) is 5. The van der Waals surface area contributed by atoms with Crippen LogP contribution in [0.3, 0.4) is 0 Å². The largest absolute Gasteiger partial charge is 0.507 e. The molecule has 4 rings (SSSR count). The Morgan fingerprint density at radius 2 is 1.87 bits per heavy atom.